The van der Waals surface area contributed by atoms with Crippen LogP contribution in [0.1, 0.15) is 0 Å². The summed E-state index contributed by atoms with van der Waals surface area (Å²) in [7, 11) is 1.61. The molecular formula is C8H15N3O2S. The highest BCUT2D eigenvalue weighted by molar-refractivity contribution is 8.14. The van der Waals surface area contributed by atoms with Gasteiger partial charge < -0.3 is 15.4 Å². The van der Waals surface area contributed by atoms with Gasteiger partial charge >= 0.3 is 0 Å². The number of hydrogen-bond acceptors (Lipinski definition) is 5. The Bertz CT molecular complexity index is 221. The summed E-state index contributed by atoms with van der Waals surface area (Å²) < 4.78 is 4.81. The summed E-state index contributed by atoms with van der Waals surface area (Å²) in [6.07, 6.45) is 0. The Balaban J connectivity index is 2.02. The molecule has 0 saturated heterocycles. The van der Waals surface area contributed by atoms with Gasteiger partial charge in [-0.1, -0.05) is 11.8 Å². The number of carbonyl (C=O) groups excluding carboxylic acids is 1. The van der Waals surface area contributed by atoms with Crippen molar-refractivity contribution in [2.75, 3.05) is 39.1 Å². The van der Waals surface area contributed by atoms with Crippen LogP contribution in [0.25, 0.3) is 0 Å². The third-order valence-corrected chi connectivity index (χ3v) is 2.57. The minimum atomic E-state index is 0.0171. The lowest BCUT2D eigenvalue weighted by atomic mass is 10.6. The number of amidine groups is 1. The van der Waals surface area contributed by atoms with Crippen LogP contribution in [-0.2, 0) is 9.53 Å². The van der Waals surface area contributed by atoms with Crippen LogP contribution in [0.2, 0.25) is 0 Å². The summed E-state index contributed by atoms with van der Waals surface area (Å²) >= 11 is 1.44. The van der Waals surface area contributed by atoms with Crippen molar-refractivity contribution in [3.05, 3.63) is 0 Å². The monoisotopic (exact) mass is 217 g/mol. The quantitative estimate of drug-likeness (QED) is 0.606. The van der Waals surface area contributed by atoms with Gasteiger partial charge in [0.1, 0.15) is 0 Å². The predicted octanol–water partition coefficient (Wildman–Crippen LogP) is -0.559. The fourth-order valence-electron chi connectivity index (χ4n) is 0.950. The molecule has 0 atom stereocenters. The fourth-order valence-corrected chi connectivity index (χ4v) is 1.71. The van der Waals surface area contributed by atoms with Crippen molar-refractivity contribution < 1.29 is 9.53 Å². The van der Waals surface area contributed by atoms with E-state index in [4.69, 9.17) is 4.74 Å². The Morgan fingerprint density at radius 3 is 3.29 bits per heavy atom. The molecule has 0 aromatic rings. The SMILES string of the molecule is COCCNC(=O)CSC1=NCCN1. The molecule has 0 unspecified atom stereocenters. The van der Waals surface area contributed by atoms with Gasteiger partial charge in [0.15, 0.2) is 5.17 Å². The number of thioether (sulfide) groups is 1. The van der Waals surface area contributed by atoms with Gasteiger partial charge in [0.25, 0.3) is 0 Å². The molecule has 0 aliphatic carbocycles. The predicted molar refractivity (Wildman–Crippen MR) is 57.6 cm³/mol. The molecule has 2 N–H and O–H groups in total. The Labute approximate surface area is 87.7 Å². The minimum absolute atomic E-state index is 0.0171. The lowest BCUT2D eigenvalue weighted by Crippen LogP contribution is -2.29. The molecule has 1 amide bonds. The van der Waals surface area contributed by atoms with E-state index in [2.05, 4.69) is 15.6 Å². The Morgan fingerprint density at radius 2 is 2.64 bits per heavy atom. The highest BCUT2D eigenvalue weighted by atomic mass is 32.2. The lowest BCUT2D eigenvalue weighted by Gasteiger charge is -2.04. The molecule has 80 valence electrons. The topological polar surface area (TPSA) is 62.7 Å². The van der Waals surface area contributed by atoms with Gasteiger partial charge in [-0.15, -0.1) is 0 Å². The number of nitrogens with zero attached hydrogens (tertiary/aromatic N) is 1. The summed E-state index contributed by atoms with van der Waals surface area (Å²) in [4.78, 5) is 15.4. The van der Waals surface area contributed by atoms with E-state index in [1.165, 1.54) is 11.8 Å². The second-order valence-electron chi connectivity index (χ2n) is 2.75. The van der Waals surface area contributed by atoms with Gasteiger partial charge in [-0.25, -0.2) is 0 Å². The van der Waals surface area contributed by atoms with Gasteiger partial charge in [0, 0.05) is 20.2 Å². The van der Waals surface area contributed by atoms with Gasteiger partial charge in [-0.3, -0.25) is 9.79 Å². The van der Waals surface area contributed by atoms with Crippen LogP contribution >= 0.6 is 11.8 Å². The van der Waals surface area contributed by atoms with Gasteiger partial charge in [-0.05, 0) is 0 Å². The Kier molecular flexibility index (Phi) is 5.39. The first-order valence-electron chi connectivity index (χ1n) is 4.49. The first kappa shape index (κ1) is 11.3. The molecule has 1 aliphatic heterocycles. The van der Waals surface area contributed by atoms with E-state index in [9.17, 15) is 4.79 Å². The highest BCUT2D eigenvalue weighted by Crippen LogP contribution is 2.04. The summed E-state index contributed by atoms with van der Waals surface area (Å²) in [5.74, 6) is 0.429. The van der Waals surface area contributed by atoms with Crippen molar-refractivity contribution in [1.82, 2.24) is 10.6 Å². The second kappa shape index (κ2) is 6.67. The molecule has 5 nitrogen and oxygen atoms in total. The van der Waals surface area contributed by atoms with E-state index < -0.39 is 0 Å². The maximum atomic E-state index is 11.2. The number of rotatable bonds is 5. The van der Waals surface area contributed by atoms with Crippen LogP contribution < -0.4 is 10.6 Å². The Hall–Kier alpha value is -0.750. The van der Waals surface area contributed by atoms with Crippen LogP contribution in [0.5, 0.6) is 0 Å². The molecule has 6 heteroatoms. The van der Waals surface area contributed by atoms with Gasteiger partial charge in [-0.2, -0.15) is 0 Å². The summed E-state index contributed by atoms with van der Waals surface area (Å²) in [5, 5.41) is 6.69. The zero-order valence-corrected chi connectivity index (χ0v) is 9.02. The third-order valence-electron chi connectivity index (χ3n) is 1.61. The van der Waals surface area contributed by atoms with Crippen molar-refractivity contribution in [1.29, 1.82) is 0 Å². The standard InChI is InChI=1S/C8H15N3O2S/c1-13-5-4-9-7(12)6-14-8-10-2-3-11-8/h2-6H2,1H3,(H,9,12)(H,10,11). The van der Waals surface area contributed by atoms with Crippen LogP contribution in [0.3, 0.4) is 0 Å². The lowest BCUT2D eigenvalue weighted by molar-refractivity contribution is -0.118. The van der Waals surface area contributed by atoms with Gasteiger partial charge in [0.05, 0.1) is 18.9 Å². The van der Waals surface area contributed by atoms with Crippen molar-refractivity contribution in [3.63, 3.8) is 0 Å². The summed E-state index contributed by atoms with van der Waals surface area (Å²) in [5.41, 5.74) is 0. The number of methoxy groups -OCH3 is 1. The molecule has 0 aromatic heterocycles. The minimum Gasteiger partial charge on any atom is -0.383 e. The Morgan fingerprint density at radius 1 is 1.79 bits per heavy atom. The van der Waals surface area contributed by atoms with Crippen molar-refractivity contribution in [2.45, 2.75) is 0 Å². The van der Waals surface area contributed by atoms with Crippen molar-refractivity contribution in [2.24, 2.45) is 4.99 Å². The number of carbonyl (C=O) groups is 1. The molecule has 1 heterocycles. The molecule has 0 bridgehead atoms. The normalized spacial score (nSPS) is 14.8. The second-order valence-corrected chi connectivity index (χ2v) is 3.71. The third kappa shape index (κ3) is 4.48. The van der Waals surface area contributed by atoms with E-state index >= 15 is 0 Å². The first-order valence-corrected chi connectivity index (χ1v) is 5.48. The van der Waals surface area contributed by atoms with Crippen LogP contribution in [0.4, 0.5) is 0 Å². The van der Waals surface area contributed by atoms with Crippen molar-refractivity contribution >= 4 is 22.8 Å². The van der Waals surface area contributed by atoms with E-state index in [-0.39, 0.29) is 5.91 Å². The zero-order chi connectivity index (χ0) is 10.2. The van der Waals surface area contributed by atoms with Crippen LogP contribution in [-0.4, -0.2) is 50.2 Å². The molecule has 14 heavy (non-hydrogen) atoms. The molecule has 1 aliphatic rings. The molecule has 0 aromatic carbocycles. The fraction of sp³-hybridized carbons (Fsp3) is 0.750. The summed E-state index contributed by atoms with van der Waals surface area (Å²) in [6.45, 7) is 2.81. The number of nitrogens with one attached hydrogen (secondary N) is 2. The first-order chi connectivity index (χ1) is 6.83. The molecular weight excluding hydrogens is 202 g/mol. The molecule has 0 saturated carbocycles. The smallest absolute Gasteiger partial charge is 0.230 e. The molecule has 1 rings (SSSR count). The maximum Gasteiger partial charge on any atom is 0.230 e. The average molecular weight is 217 g/mol. The highest BCUT2D eigenvalue weighted by Gasteiger charge is 2.08. The summed E-state index contributed by atoms with van der Waals surface area (Å²) in [6, 6.07) is 0. The zero-order valence-electron chi connectivity index (χ0n) is 8.21. The van der Waals surface area contributed by atoms with Crippen LogP contribution in [0.15, 0.2) is 4.99 Å². The van der Waals surface area contributed by atoms with E-state index in [1.807, 2.05) is 0 Å². The molecule has 0 spiro atoms. The van der Waals surface area contributed by atoms with E-state index in [0.717, 1.165) is 18.3 Å². The van der Waals surface area contributed by atoms with E-state index in [1.54, 1.807) is 7.11 Å². The van der Waals surface area contributed by atoms with Gasteiger partial charge in [0.2, 0.25) is 5.91 Å². The number of amides is 1. The molecule has 0 fully saturated rings. The largest absolute Gasteiger partial charge is 0.383 e. The average Bonchev–Trinajstić information content (AvgIpc) is 2.68. The van der Waals surface area contributed by atoms with Crippen molar-refractivity contribution in [3.8, 4) is 0 Å². The number of aliphatic imine (C=N–C) groups is 1. The van der Waals surface area contributed by atoms with E-state index in [0.29, 0.717) is 18.9 Å². The molecule has 0 radical (unpaired) electrons. The maximum absolute atomic E-state index is 11.2. The van der Waals surface area contributed by atoms with Crippen LogP contribution in [0, 0.1) is 0 Å². The number of ether oxygens (including phenoxy) is 1. The number of hydrogen-bond donors (Lipinski definition) is 2.